The van der Waals surface area contributed by atoms with Crippen LogP contribution in [0.15, 0.2) is 24.3 Å². The van der Waals surface area contributed by atoms with E-state index in [1.807, 2.05) is 4.68 Å². The van der Waals surface area contributed by atoms with Gasteiger partial charge in [-0.05, 0) is 43.7 Å². The van der Waals surface area contributed by atoms with Gasteiger partial charge in [0.25, 0.3) is 0 Å². The quantitative estimate of drug-likeness (QED) is 0.821. The normalized spacial score (nSPS) is 17.6. The lowest BCUT2D eigenvalue weighted by Crippen LogP contribution is -2.34. The molecule has 2 aromatic rings. The van der Waals surface area contributed by atoms with Gasteiger partial charge in [-0.15, -0.1) is 0 Å². The second kappa shape index (κ2) is 6.18. The topological polar surface area (TPSA) is 29.9 Å². The molecule has 0 radical (unpaired) electrons. The van der Waals surface area contributed by atoms with Crippen LogP contribution in [0.5, 0.6) is 0 Å². The molecule has 1 fully saturated rings. The summed E-state index contributed by atoms with van der Waals surface area (Å²) in [7, 11) is 2.06. The maximum atomic E-state index is 4.82. The summed E-state index contributed by atoms with van der Waals surface area (Å²) in [6.07, 6.45) is 7.76. The second-order valence-corrected chi connectivity index (χ2v) is 6.65. The van der Waals surface area contributed by atoms with Crippen LogP contribution < -0.4 is 5.32 Å². The summed E-state index contributed by atoms with van der Waals surface area (Å²) in [5, 5.41) is 9.81. The van der Waals surface area contributed by atoms with Crippen molar-refractivity contribution in [3.8, 4) is 0 Å². The monoisotopic (exact) mass is 285 g/mol. The molecule has 0 unspecified atom stereocenters. The standard InChI is InChI=1S/C18H27N3/c1-3-12-19-14-18(10-6-7-11-18)13-16-15-8-4-5-9-17(15)21(2)20-16/h4-5,8-9,19H,3,6-7,10-14H2,1-2H3. The third-order valence-electron chi connectivity index (χ3n) is 4.97. The first-order valence-corrected chi connectivity index (χ1v) is 8.35. The van der Waals surface area contributed by atoms with Gasteiger partial charge in [-0.1, -0.05) is 38.0 Å². The highest BCUT2D eigenvalue weighted by atomic mass is 15.3. The van der Waals surface area contributed by atoms with E-state index in [1.54, 1.807) is 0 Å². The van der Waals surface area contributed by atoms with Crippen molar-refractivity contribution < 1.29 is 0 Å². The number of hydrogen-bond acceptors (Lipinski definition) is 2. The molecule has 1 N–H and O–H groups in total. The number of aromatic nitrogens is 2. The lowest BCUT2D eigenvalue weighted by atomic mass is 9.81. The summed E-state index contributed by atoms with van der Waals surface area (Å²) in [6.45, 7) is 4.51. The first kappa shape index (κ1) is 14.6. The van der Waals surface area contributed by atoms with Crippen LogP contribution in [-0.4, -0.2) is 22.9 Å². The highest BCUT2D eigenvalue weighted by molar-refractivity contribution is 5.81. The molecule has 3 heteroatoms. The minimum absolute atomic E-state index is 0.423. The van der Waals surface area contributed by atoms with Gasteiger partial charge in [-0.25, -0.2) is 0 Å². The van der Waals surface area contributed by atoms with Gasteiger partial charge in [0.2, 0.25) is 0 Å². The van der Waals surface area contributed by atoms with Crippen molar-refractivity contribution in [1.29, 1.82) is 0 Å². The fourth-order valence-electron chi connectivity index (χ4n) is 3.85. The Kier molecular flexibility index (Phi) is 4.29. The van der Waals surface area contributed by atoms with Gasteiger partial charge in [0, 0.05) is 19.0 Å². The van der Waals surface area contributed by atoms with E-state index in [0.717, 1.165) is 19.5 Å². The summed E-state index contributed by atoms with van der Waals surface area (Å²) in [4.78, 5) is 0. The van der Waals surface area contributed by atoms with Gasteiger partial charge < -0.3 is 5.32 Å². The van der Waals surface area contributed by atoms with E-state index in [4.69, 9.17) is 5.10 Å². The summed E-state index contributed by atoms with van der Waals surface area (Å²) in [5.41, 5.74) is 2.96. The molecule has 1 aliphatic rings. The Balaban J connectivity index is 1.84. The number of fused-ring (bicyclic) bond motifs is 1. The van der Waals surface area contributed by atoms with Crippen molar-refractivity contribution in [3.05, 3.63) is 30.0 Å². The average molecular weight is 285 g/mol. The van der Waals surface area contributed by atoms with Crippen LogP contribution in [0.2, 0.25) is 0 Å². The summed E-state index contributed by atoms with van der Waals surface area (Å²) in [5.74, 6) is 0. The summed E-state index contributed by atoms with van der Waals surface area (Å²) >= 11 is 0. The molecule has 1 aromatic heterocycles. The maximum Gasteiger partial charge on any atom is 0.0709 e. The first-order valence-electron chi connectivity index (χ1n) is 8.35. The van der Waals surface area contributed by atoms with Crippen molar-refractivity contribution in [2.75, 3.05) is 13.1 Å². The number of rotatable bonds is 6. The van der Waals surface area contributed by atoms with Gasteiger partial charge in [-0.2, -0.15) is 5.10 Å². The zero-order valence-electron chi connectivity index (χ0n) is 13.4. The first-order chi connectivity index (χ1) is 10.2. The van der Waals surface area contributed by atoms with E-state index in [1.165, 1.54) is 48.7 Å². The van der Waals surface area contributed by atoms with Crippen molar-refractivity contribution in [2.24, 2.45) is 12.5 Å². The van der Waals surface area contributed by atoms with Crippen LogP contribution in [0, 0.1) is 5.41 Å². The Morgan fingerprint density at radius 3 is 2.76 bits per heavy atom. The van der Waals surface area contributed by atoms with Crippen LogP contribution in [-0.2, 0) is 13.5 Å². The molecule has 3 nitrogen and oxygen atoms in total. The fourth-order valence-corrected chi connectivity index (χ4v) is 3.85. The molecule has 0 saturated heterocycles. The molecular formula is C18H27N3. The van der Waals surface area contributed by atoms with Crippen LogP contribution in [0.3, 0.4) is 0 Å². The molecule has 0 amide bonds. The average Bonchev–Trinajstić information content (AvgIpc) is 3.07. The number of nitrogens with one attached hydrogen (secondary N) is 1. The highest BCUT2D eigenvalue weighted by Gasteiger charge is 2.34. The van der Waals surface area contributed by atoms with E-state index in [0.29, 0.717) is 5.41 Å². The van der Waals surface area contributed by atoms with Gasteiger partial charge in [0.1, 0.15) is 0 Å². The molecule has 0 atom stereocenters. The summed E-state index contributed by atoms with van der Waals surface area (Å²) < 4.78 is 2.03. The molecule has 1 heterocycles. The largest absolute Gasteiger partial charge is 0.316 e. The van der Waals surface area contributed by atoms with Crippen molar-refractivity contribution in [1.82, 2.24) is 15.1 Å². The van der Waals surface area contributed by atoms with Crippen LogP contribution in [0.1, 0.15) is 44.7 Å². The van der Waals surface area contributed by atoms with E-state index in [-0.39, 0.29) is 0 Å². The minimum Gasteiger partial charge on any atom is -0.316 e. The van der Waals surface area contributed by atoms with Crippen LogP contribution >= 0.6 is 0 Å². The molecule has 3 rings (SSSR count). The zero-order chi connectivity index (χ0) is 14.7. The van der Waals surface area contributed by atoms with Crippen molar-refractivity contribution in [2.45, 2.75) is 45.4 Å². The molecular weight excluding hydrogens is 258 g/mol. The maximum absolute atomic E-state index is 4.82. The molecule has 1 saturated carbocycles. The van der Waals surface area contributed by atoms with Gasteiger partial charge in [0.15, 0.2) is 0 Å². The number of para-hydroxylation sites is 1. The molecule has 1 aromatic carbocycles. The Morgan fingerprint density at radius 1 is 1.24 bits per heavy atom. The fraction of sp³-hybridized carbons (Fsp3) is 0.611. The highest BCUT2D eigenvalue weighted by Crippen LogP contribution is 2.41. The van der Waals surface area contributed by atoms with Crippen molar-refractivity contribution in [3.63, 3.8) is 0 Å². The predicted octanol–water partition coefficient (Wildman–Crippen LogP) is 3.68. The number of benzene rings is 1. The van der Waals surface area contributed by atoms with E-state index in [2.05, 4.69) is 43.6 Å². The second-order valence-electron chi connectivity index (χ2n) is 6.65. The van der Waals surface area contributed by atoms with E-state index >= 15 is 0 Å². The predicted molar refractivity (Wildman–Crippen MR) is 88.5 cm³/mol. The Morgan fingerprint density at radius 2 is 2.00 bits per heavy atom. The van der Waals surface area contributed by atoms with Gasteiger partial charge >= 0.3 is 0 Å². The van der Waals surface area contributed by atoms with Gasteiger partial charge in [-0.3, -0.25) is 4.68 Å². The van der Waals surface area contributed by atoms with E-state index in [9.17, 15) is 0 Å². The molecule has 114 valence electrons. The SMILES string of the molecule is CCCNCC1(Cc2nn(C)c3ccccc23)CCCC1. The molecule has 21 heavy (non-hydrogen) atoms. The van der Waals surface area contributed by atoms with Crippen LogP contribution in [0.25, 0.3) is 10.9 Å². The summed E-state index contributed by atoms with van der Waals surface area (Å²) in [6, 6.07) is 8.62. The van der Waals surface area contributed by atoms with Gasteiger partial charge in [0.05, 0.1) is 11.2 Å². The molecule has 0 bridgehead atoms. The molecule has 0 spiro atoms. The minimum atomic E-state index is 0.423. The third-order valence-corrected chi connectivity index (χ3v) is 4.97. The Labute approximate surface area is 127 Å². The lowest BCUT2D eigenvalue weighted by Gasteiger charge is -2.29. The molecule has 1 aliphatic carbocycles. The third kappa shape index (κ3) is 2.98. The number of nitrogens with zero attached hydrogens (tertiary/aromatic N) is 2. The Bertz CT molecular complexity index is 594. The number of aryl methyl sites for hydroxylation is 1. The Hall–Kier alpha value is -1.35. The zero-order valence-corrected chi connectivity index (χ0v) is 13.4. The van der Waals surface area contributed by atoms with Crippen LogP contribution in [0.4, 0.5) is 0 Å². The number of hydrogen-bond donors (Lipinski definition) is 1. The van der Waals surface area contributed by atoms with Crippen molar-refractivity contribution >= 4 is 10.9 Å². The smallest absolute Gasteiger partial charge is 0.0709 e. The molecule has 0 aliphatic heterocycles. The van der Waals surface area contributed by atoms with E-state index < -0.39 is 0 Å². The lowest BCUT2D eigenvalue weighted by molar-refractivity contribution is 0.275.